The summed E-state index contributed by atoms with van der Waals surface area (Å²) >= 11 is 0. The fourth-order valence-corrected chi connectivity index (χ4v) is 2.58. The van der Waals surface area contributed by atoms with Crippen LogP contribution in [0.2, 0.25) is 0 Å². The highest BCUT2D eigenvalue weighted by Crippen LogP contribution is 2.26. The normalized spacial score (nSPS) is 30.2. The van der Waals surface area contributed by atoms with Crippen molar-refractivity contribution in [3.05, 3.63) is 12.2 Å². The molecule has 0 bridgehead atoms. The maximum absolute atomic E-state index is 11.2. The van der Waals surface area contributed by atoms with Gasteiger partial charge in [-0.05, 0) is 26.2 Å². The number of carbonyl (C=O) groups is 2. The molecule has 1 aliphatic heterocycles. The summed E-state index contributed by atoms with van der Waals surface area (Å²) in [5.74, 6) is -1.19. The lowest BCUT2D eigenvalue weighted by molar-refractivity contribution is -0.139. The number of aliphatic hydroxyl groups is 1. The first-order chi connectivity index (χ1) is 8.86. The second-order valence-corrected chi connectivity index (χ2v) is 4.98. The van der Waals surface area contributed by atoms with Gasteiger partial charge in [0.25, 0.3) is 0 Å². The number of amides is 1. The van der Waals surface area contributed by atoms with E-state index in [2.05, 4.69) is 10.6 Å². The van der Waals surface area contributed by atoms with Gasteiger partial charge in [0.15, 0.2) is 0 Å². The predicted molar refractivity (Wildman–Crippen MR) is 70.6 cm³/mol. The summed E-state index contributed by atoms with van der Waals surface area (Å²) in [4.78, 5) is 22.3. The first-order valence-electron chi connectivity index (χ1n) is 6.43. The molecular formula is C13H22N2O4. The third-order valence-electron chi connectivity index (χ3n) is 3.38. The number of carboxylic acid groups (broad SMARTS) is 1. The smallest absolute Gasteiger partial charge is 0.320 e. The molecule has 4 N–H and O–H groups in total. The van der Waals surface area contributed by atoms with E-state index in [9.17, 15) is 14.7 Å². The van der Waals surface area contributed by atoms with E-state index in [0.29, 0.717) is 6.42 Å². The molecule has 6 nitrogen and oxygen atoms in total. The maximum Gasteiger partial charge on any atom is 0.320 e. The summed E-state index contributed by atoms with van der Waals surface area (Å²) in [6.07, 6.45) is 3.46. The fraction of sp³-hybridized carbons (Fsp3) is 0.692. The molecule has 0 aromatic rings. The van der Waals surface area contributed by atoms with Crippen LogP contribution < -0.4 is 10.6 Å². The van der Waals surface area contributed by atoms with Gasteiger partial charge in [-0.25, -0.2) is 0 Å². The number of hydrogen-bond acceptors (Lipinski definition) is 4. The molecule has 0 saturated carbocycles. The molecular weight excluding hydrogens is 248 g/mol. The molecule has 1 amide bonds. The molecule has 1 rings (SSSR count). The van der Waals surface area contributed by atoms with Gasteiger partial charge in [-0.3, -0.25) is 14.9 Å². The minimum absolute atomic E-state index is 0.0300. The quantitative estimate of drug-likeness (QED) is 0.522. The summed E-state index contributed by atoms with van der Waals surface area (Å²) < 4.78 is 0. The van der Waals surface area contributed by atoms with Crippen LogP contribution in [0, 0.1) is 5.92 Å². The Balaban J connectivity index is 2.91. The van der Waals surface area contributed by atoms with Gasteiger partial charge in [-0.15, -0.1) is 0 Å². The molecule has 0 unspecified atom stereocenters. The zero-order chi connectivity index (χ0) is 14.6. The number of aliphatic carboxylic acids is 1. The van der Waals surface area contributed by atoms with Gasteiger partial charge in [0, 0.05) is 13.0 Å². The zero-order valence-corrected chi connectivity index (χ0v) is 11.5. The number of aliphatic hydroxyl groups excluding tert-OH is 1. The molecule has 0 aromatic carbocycles. The van der Waals surface area contributed by atoms with Crippen molar-refractivity contribution < 1.29 is 19.8 Å². The highest BCUT2D eigenvalue weighted by Gasteiger charge is 2.41. The van der Waals surface area contributed by atoms with Crippen molar-refractivity contribution in [1.29, 1.82) is 0 Å². The molecule has 1 fully saturated rings. The van der Waals surface area contributed by atoms with E-state index in [4.69, 9.17) is 5.11 Å². The minimum atomic E-state index is -0.913. The standard InChI is InChI=1S/C13H22N2O4/c1-4-5-9-6-10(13(18)19)15-12(9)11(7(2)16)14-8(3)17/h4-5,7,9-12,15-16H,6H2,1-3H3,(H,14,17)(H,18,19)/b5-4-/t7-,9-,10-,11+,12-/m1/s1. The summed E-state index contributed by atoms with van der Waals surface area (Å²) in [5, 5.41) is 24.6. The van der Waals surface area contributed by atoms with E-state index in [0.717, 1.165) is 0 Å². The second-order valence-electron chi connectivity index (χ2n) is 4.98. The van der Waals surface area contributed by atoms with Gasteiger partial charge in [0.1, 0.15) is 6.04 Å². The van der Waals surface area contributed by atoms with Crippen LogP contribution in [-0.2, 0) is 9.59 Å². The number of nitrogens with one attached hydrogen (secondary N) is 2. The van der Waals surface area contributed by atoms with Crippen molar-refractivity contribution >= 4 is 11.9 Å². The van der Waals surface area contributed by atoms with Crippen molar-refractivity contribution in [1.82, 2.24) is 10.6 Å². The number of allylic oxidation sites excluding steroid dienone is 1. The topological polar surface area (TPSA) is 98.7 Å². The highest BCUT2D eigenvalue weighted by atomic mass is 16.4. The molecule has 108 valence electrons. The van der Waals surface area contributed by atoms with Crippen LogP contribution in [0.1, 0.15) is 27.2 Å². The van der Waals surface area contributed by atoms with E-state index >= 15 is 0 Å². The van der Waals surface area contributed by atoms with Crippen LogP contribution in [0.4, 0.5) is 0 Å². The van der Waals surface area contributed by atoms with Crippen LogP contribution >= 0.6 is 0 Å². The average Bonchev–Trinajstić information content (AvgIpc) is 2.70. The summed E-state index contributed by atoms with van der Waals surface area (Å²) in [5.41, 5.74) is 0. The SMILES string of the molecule is C/C=C\[C@@H]1C[C@H](C(=O)O)N[C@H]1[C@@H](NC(C)=O)[C@@H](C)O. The molecule has 1 aliphatic rings. The third-order valence-corrected chi connectivity index (χ3v) is 3.38. The van der Waals surface area contributed by atoms with Gasteiger partial charge in [0.2, 0.25) is 5.91 Å². The van der Waals surface area contributed by atoms with Gasteiger partial charge < -0.3 is 15.5 Å². The molecule has 0 spiro atoms. The Morgan fingerprint density at radius 1 is 1.47 bits per heavy atom. The van der Waals surface area contributed by atoms with Crippen LogP contribution in [0.3, 0.4) is 0 Å². The molecule has 0 radical (unpaired) electrons. The summed E-state index contributed by atoms with van der Waals surface area (Å²) in [6, 6.07) is -1.45. The monoisotopic (exact) mass is 270 g/mol. The van der Waals surface area contributed by atoms with E-state index in [1.165, 1.54) is 6.92 Å². The lowest BCUT2D eigenvalue weighted by atomic mass is 9.90. The Hall–Kier alpha value is -1.40. The van der Waals surface area contributed by atoms with Gasteiger partial charge in [-0.2, -0.15) is 0 Å². The first-order valence-corrected chi connectivity index (χ1v) is 6.43. The molecule has 0 aliphatic carbocycles. The van der Waals surface area contributed by atoms with Crippen molar-refractivity contribution in [2.24, 2.45) is 5.92 Å². The predicted octanol–water partition coefficient (Wildman–Crippen LogP) is -0.121. The average molecular weight is 270 g/mol. The molecule has 5 atom stereocenters. The molecule has 1 heterocycles. The van der Waals surface area contributed by atoms with Crippen molar-refractivity contribution in [3.63, 3.8) is 0 Å². The highest BCUT2D eigenvalue weighted by molar-refractivity contribution is 5.75. The third kappa shape index (κ3) is 4.04. The van der Waals surface area contributed by atoms with Crippen LogP contribution in [0.15, 0.2) is 12.2 Å². The minimum Gasteiger partial charge on any atom is -0.480 e. The number of rotatable bonds is 5. The Kier molecular flexibility index (Phi) is 5.50. The Morgan fingerprint density at radius 2 is 2.11 bits per heavy atom. The summed E-state index contributed by atoms with van der Waals surface area (Å²) in [7, 11) is 0. The van der Waals surface area contributed by atoms with Gasteiger partial charge in [-0.1, -0.05) is 12.2 Å². The Bertz CT molecular complexity index is 368. The maximum atomic E-state index is 11.2. The van der Waals surface area contributed by atoms with E-state index in [1.807, 2.05) is 19.1 Å². The van der Waals surface area contributed by atoms with E-state index < -0.39 is 24.2 Å². The first kappa shape index (κ1) is 15.7. The van der Waals surface area contributed by atoms with Crippen LogP contribution in [-0.4, -0.2) is 46.3 Å². The Labute approximate surface area is 112 Å². The van der Waals surface area contributed by atoms with Crippen LogP contribution in [0.25, 0.3) is 0 Å². The molecule has 1 saturated heterocycles. The summed E-state index contributed by atoms with van der Waals surface area (Å²) in [6.45, 7) is 4.83. The largest absolute Gasteiger partial charge is 0.480 e. The lowest BCUT2D eigenvalue weighted by Gasteiger charge is -2.30. The molecule has 0 aromatic heterocycles. The van der Waals surface area contributed by atoms with Crippen molar-refractivity contribution in [2.75, 3.05) is 0 Å². The lowest BCUT2D eigenvalue weighted by Crippen LogP contribution is -2.56. The number of hydrogen-bond donors (Lipinski definition) is 4. The van der Waals surface area contributed by atoms with Crippen molar-refractivity contribution in [2.45, 2.75) is 51.4 Å². The zero-order valence-electron chi connectivity index (χ0n) is 11.5. The Morgan fingerprint density at radius 3 is 2.53 bits per heavy atom. The van der Waals surface area contributed by atoms with Crippen LogP contribution in [0.5, 0.6) is 0 Å². The van der Waals surface area contributed by atoms with E-state index in [-0.39, 0.29) is 17.9 Å². The van der Waals surface area contributed by atoms with E-state index in [1.54, 1.807) is 6.92 Å². The fourth-order valence-electron chi connectivity index (χ4n) is 2.58. The number of carbonyl (C=O) groups excluding carboxylic acids is 1. The van der Waals surface area contributed by atoms with Crippen molar-refractivity contribution in [3.8, 4) is 0 Å². The van der Waals surface area contributed by atoms with Gasteiger partial charge in [0.05, 0.1) is 12.1 Å². The number of carboxylic acids is 1. The molecule has 6 heteroatoms. The van der Waals surface area contributed by atoms with Gasteiger partial charge >= 0.3 is 5.97 Å². The second kappa shape index (κ2) is 6.68. The molecule has 19 heavy (non-hydrogen) atoms.